The molecule has 0 saturated carbocycles. The number of hydrogen-bond donors (Lipinski definition) is 0. The van der Waals surface area contributed by atoms with Gasteiger partial charge in [-0.05, 0) is 27.7 Å². The first-order valence-electron chi connectivity index (χ1n) is 8.16. The van der Waals surface area contributed by atoms with Gasteiger partial charge in [0.05, 0.1) is 17.7 Å². The van der Waals surface area contributed by atoms with Gasteiger partial charge in [-0.15, -0.1) is 0 Å². The van der Waals surface area contributed by atoms with Gasteiger partial charge < -0.3 is 4.90 Å². The molecule has 2 rings (SSSR count). The van der Waals surface area contributed by atoms with Crippen molar-refractivity contribution in [2.75, 3.05) is 0 Å². The van der Waals surface area contributed by atoms with Crippen LogP contribution in [0.1, 0.15) is 37.2 Å². The Hall–Kier alpha value is -2.71. The minimum absolute atomic E-state index is 0.0172. The molecule has 2 heterocycles. The summed E-state index contributed by atoms with van der Waals surface area (Å²) in [6.07, 6.45) is 3.86. The van der Waals surface area contributed by atoms with E-state index in [1.807, 2.05) is 27.1 Å². The summed E-state index contributed by atoms with van der Waals surface area (Å²) in [5, 5.41) is 19.4. The van der Waals surface area contributed by atoms with Crippen molar-refractivity contribution in [2.45, 2.75) is 53.2 Å². The molecule has 0 bridgehead atoms. The minimum atomic E-state index is -0.432. The summed E-state index contributed by atoms with van der Waals surface area (Å²) >= 11 is 0. The third-order valence-corrected chi connectivity index (χ3v) is 4.12. The first-order valence-corrected chi connectivity index (χ1v) is 8.16. The molecular weight excluding hydrogens is 324 g/mol. The predicted molar refractivity (Wildman–Crippen MR) is 91.9 cm³/mol. The zero-order valence-corrected chi connectivity index (χ0v) is 15.3. The van der Waals surface area contributed by atoms with Crippen LogP contribution in [0.25, 0.3) is 0 Å². The van der Waals surface area contributed by atoms with E-state index in [0.29, 0.717) is 24.5 Å². The summed E-state index contributed by atoms with van der Waals surface area (Å²) in [5.74, 6) is -0.0194. The van der Waals surface area contributed by atoms with Crippen molar-refractivity contribution in [2.24, 2.45) is 7.05 Å². The van der Waals surface area contributed by atoms with Gasteiger partial charge >= 0.3 is 5.69 Å². The van der Waals surface area contributed by atoms with Gasteiger partial charge in [0.1, 0.15) is 11.4 Å². The highest BCUT2D eigenvalue weighted by Crippen LogP contribution is 2.22. The van der Waals surface area contributed by atoms with Crippen LogP contribution in [0.5, 0.6) is 0 Å². The Morgan fingerprint density at radius 2 is 2.08 bits per heavy atom. The van der Waals surface area contributed by atoms with Gasteiger partial charge in [0.2, 0.25) is 5.91 Å². The Kier molecular flexibility index (Phi) is 5.55. The molecule has 0 unspecified atom stereocenters. The lowest BCUT2D eigenvalue weighted by atomic mass is 10.2. The zero-order chi connectivity index (χ0) is 18.7. The molecule has 0 aliphatic carbocycles. The molecule has 9 heteroatoms. The van der Waals surface area contributed by atoms with Gasteiger partial charge in [0.15, 0.2) is 0 Å². The normalized spacial score (nSPS) is 11.1. The lowest BCUT2D eigenvalue weighted by Crippen LogP contribution is -2.36. The Morgan fingerprint density at radius 3 is 2.56 bits per heavy atom. The van der Waals surface area contributed by atoms with Crippen LogP contribution < -0.4 is 0 Å². The lowest BCUT2D eigenvalue weighted by Gasteiger charge is -2.26. The van der Waals surface area contributed by atoms with Crippen molar-refractivity contribution in [1.29, 1.82) is 0 Å². The summed E-state index contributed by atoms with van der Waals surface area (Å²) in [6, 6.07) is 0.0440. The number of hydrogen-bond acceptors (Lipinski definition) is 5. The second kappa shape index (κ2) is 7.45. The van der Waals surface area contributed by atoms with Crippen molar-refractivity contribution in [3.05, 3.63) is 39.5 Å². The average Bonchev–Trinajstić information content (AvgIpc) is 3.05. The van der Waals surface area contributed by atoms with E-state index < -0.39 is 4.92 Å². The number of rotatable bonds is 7. The first-order chi connectivity index (χ1) is 11.7. The highest BCUT2D eigenvalue weighted by Gasteiger charge is 2.23. The standard InChI is InChI=1S/C16H24N6O3/c1-11(2)20(10-14-8-17-19(5)9-14)15(23)6-7-21-13(4)16(22(24)25)12(3)18-21/h8-9,11H,6-7,10H2,1-5H3. The molecule has 0 aliphatic heterocycles. The van der Waals surface area contributed by atoms with Crippen LogP contribution in [0, 0.1) is 24.0 Å². The van der Waals surface area contributed by atoms with Crippen LogP contribution in [0.4, 0.5) is 5.69 Å². The molecular formula is C16H24N6O3. The summed E-state index contributed by atoms with van der Waals surface area (Å²) in [7, 11) is 1.83. The fourth-order valence-corrected chi connectivity index (χ4v) is 2.82. The molecule has 25 heavy (non-hydrogen) atoms. The number of nitro groups is 1. The maximum atomic E-state index is 12.6. The van der Waals surface area contributed by atoms with Crippen molar-refractivity contribution < 1.29 is 9.72 Å². The van der Waals surface area contributed by atoms with E-state index in [4.69, 9.17) is 0 Å². The molecule has 2 aromatic heterocycles. The first kappa shape index (κ1) is 18.6. The van der Waals surface area contributed by atoms with Crippen molar-refractivity contribution in [3.63, 3.8) is 0 Å². The molecule has 1 amide bonds. The lowest BCUT2D eigenvalue weighted by molar-refractivity contribution is -0.386. The minimum Gasteiger partial charge on any atom is -0.336 e. The second-order valence-electron chi connectivity index (χ2n) is 6.39. The monoisotopic (exact) mass is 348 g/mol. The van der Waals surface area contributed by atoms with E-state index in [1.165, 1.54) is 4.68 Å². The molecule has 136 valence electrons. The van der Waals surface area contributed by atoms with E-state index in [9.17, 15) is 14.9 Å². The van der Waals surface area contributed by atoms with E-state index in [2.05, 4.69) is 10.2 Å². The smallest absolute Gasteiger partial charge is 0.312 e. The molecule has 0 aromatic carbocycles. The van der Waals surface area contributed by atoms with Crippen LogP contribution in [-0.4, -0.2) is 41.3 Å². The molecule has 0 fully saturated rings. The topological polar surface area (TPSA) is 99.1 Å². The number of carbonyl (C=O) groups excluding carboxylic acids is 1. The molecule has 0 saturated heterocycles. The maximum absolute atomic E-state index is 12.6. The molecule has 0 aliphatic rings. The molecule has 2 aromatic rings. The molecule has 0 spiro atoms. The average molecular weight is 348 g/mol. The third-order valence-electron chi connectivity index (χ3n) is 4.12. The maximum Gasteiger partial charge on any atom is 0.312 e. The van der Waals surface area contributed by atoms with Crippen LogP contribution in [0.15, 0.2) is 12.4 Å². The SMILES string of the molecule is Cc1nn(CCC(=O)N(Cc2cnn(C)c2)C(C)C)c(C)c1[N+](=O)[O-]. The Bertz CT molecular complexity index is 777. The molecule has 0 atom stereocenters. The highest BCUT2D eigenvalue weighted by atomic mass is 16.6. The number of carbonyl (C=O) groups is 1. The van der Waals surface area contributed by atoms with E-state index >= 15 is 0 Å². The van der Waals surface area contributed by atoms with Gasteiger partial charge in [-0.2, -0.15) is 10.2 Å². The van der Waals surface area contributed by atoms with Crippen molar-refractivity contribution in [1.82, 2.24) is 24.5 Å². The largest absolute Gasteiger partial charge is 0.336 e. The molecule has 0 N–H and O–H groups in total. The summed E-state index contributed by atoms with van der Waals surface area (Å²) < 4.78 is 3.24. The van der Waals surface area contributed by atoms with E-state index in [1.54, 1.807) is 29.6 Å². The van der Waals surface area contributed by atoms with Gasteiger partial charge in [-0.25, -0.2) is 0 Å². The summed E-state index contributed by atoms with van der Waals surface area (Å²) in [5.41, 5.74) is 1.82. The van der Waals surface area contributed by atoms with Crippen LogP contribution in [0.2, 0.25) is 0 Å². The number of aromatic nitrogens is 4. The van der Waals surface area contributed by atoms with Crippen LogP contribution in [-0.2, 0) is 24.9 Å². The Labute approximate surface area is 146 Å². The van der Waals surface area contributed by atoms with Crippen molar-refractivity contribution in [3.8, 4) is 0 Å². The van der Waals surface area contributed by atoms with E-state index in [0.717, 1.165) is 5.56 Å². The fraction of sp³-hybridized carbons (Fsp3) is 0.562. The number of aryl methyl sites for hydroxylation is 3. The molecule has 0 radical (unpaired) electrons. The Morgan fingerprint density at radius 1 is 1.40 bits per heavy atom. The third kappa shape index (κ3) is 4.23. The zero-order valence-electron chi connectivity index (χ0n) is 15.3. The number of nitrogens with zero attached hydrogens (tertiary/aromatic N) is 6. The van der Waals surface area contributed by atoms with Crippen LogP contribution >= 0.6 is 0 Å². The quantitative estimate of drug-likeness (QED) is 0.562. The van der Waals surface area contributed by atoms with Gasteiger partial charge in [-0.3, -0.25) is 24.3 Å². The summed E-state index contributed by atoms with van der Waals surface area (Å²) in [4.78, 5) is 25.0. The van der Waals surface area contributed by atoms with Gasteiger partial charge in [-0.1, -0.05) is 0 Å². The Balaban J connectivity index is 2.06. The fourth-order valence-electron chi connectivity index (χ4n) is 2.82. The van der Waals surface area contributed by atoms with E-state index in [-0.39, 0.29) is 24.1 Å². The second-order valence-corrected chi connectivity index (χ2v) is 6.39. The summed E-state index contributed by atoms with van der Waals surface area (Å²) in [6.45, 7) is 7.98. The molecule has 9 nitrogen and oxygen atoms in total. The van der Waals surface area contributed by atoms with Crippen LogP contribution in [0.3, 0.4) is 0 Å². The van der Waals surface area contributed by atoms with Gasteiger partial charge in [0, 0.05) is 37.8 Å². The number of amides is 1. The highest BCUT2D eigenvalue weighted by molar-refractivity contribution is 5.76. The van der Waals surface area contributed by atoms with Crippen molar-refractivity contribution >= 4 is 11.6 Å². The predicted octanol–water partition coefficient (Wildman–Crippen LogP) is 1.97. The van der Waals surface area contributed by atoms with Gasteiger partial charge in [0.25, 0.3) is 0 Å².